The minimum absolute atomic E-state index is 0.166. The van der Waals surface area contributed by atoms with Gasteiger partial charge in [0.05, 0.1) is 18.1 Å². The van der Waals surface area contributed by atoms with E-state index < -0.39 is 10.0 Å². The van der Waals surface area contributed by atoms with E-state index in [9.17, 15) is 12.8 Å². The van der Waals surface area contributed by atoms with E-state index in [-0.39, 0.29) is 25.5 Å². The Morgan fingerprint density at radius 1 is 0.939 bits per heavy atom. The summed E-state index contributed by atoms with van der Waals surface area (Å²) < 4.78 is 53.6. The summed E-state index contributed by atoms with van der Waals surface area (Å²) in [5, 5.41) is 0. The van der Waals surface area contributed by atoms with Crippen molar-refractivity contribution in [3.63, 3.8) is 0 Å². The predicted molar refractivity (Wildman–Crippen MR) is 123 cm³/mol. The van der Waals surface area contributed by atoms with Crippen molar-refractivity contribution in [2.75, 3.05) is 13.2 Å². The number of halogens is 1. The van der Waals surface area contributed by atoms with Crippen molar-refractivity contribution in [2.45, 2.75) is 43.9 Å². The molecule has 2 aliphatic rings. The Balaban J connectivity index is 1.32. The molecule has 0 spiro atoms. The summed E-state index contributed by atoms with van der Waals surface area (Å²) in [4.78, 5) is 0.343. The van der Waals surface area contributed by atoms with Gasteiger partial charge in [0.25, 0.3) is 0 Å². The van der Waals surface area contributed by atoms with Crippen LogP contribution in [-0.2, 0) is 47.4 Å². The quantitative estimate of drug-likeness (QED) is 0.531. The van der Waals surface area contributed by atoms with E-state index in [1.807, 2.05) is 30.3 Å². The molecule has 5 nitrogen and oxygen atoms in total. The topological polar surface area (TPSA) is 55.8 Å². The van der Waals surface area contributed by atoms with Gasteiger partial charge in [-0.05, 0) is 66.3 Å². The van der Waals surface area contributed by atoms with Gasteiger partial charge >= 0.3 is 0 Å². The van der Waals surface area contributed by atoms with E-state index >= 15 is 0 Å². The fourth-order valence-electron chi connectivity index (χ4n) is 4.47. The summed E-state index contributed by atoms with van der Waals surface area (Å²) in [6.45, 7) is 1.27. The maximum atomic E-state index is 13.8. The van der Waals surface area contributed by atoms with E-state index in [4.69, 9.17) is 9.47 Å². The lowest BCUT2D eigenvalue weighted by Crippen LogP contribution is -2.32. The molecular weight excluding hydrogens is 441 g/mol. The largest absolute Gasteiger partial charge is 0.492 e. The van der Waals surface area contributed by atoms with Crippen LogP contribution in [0.1, 0.15) is 34.2 Å². The summed E-state index contributed by atoms with van der Waals surface area (Å²) in [6, 6.07) is 17.7. The number of aryl methyl sites for hydroxylation is 2. The number of rotatable bonds is 6. The molecule has 0 bridgehead atoms. The first kappa shape index (κ1) is 22.1. The van der Waals surface area contributed by atoms with Gasteiger partial charge in [-0.3, -0.25) is 0 Å². The molecule has 0 atom stereocenters. The molecule has 172 valence electrons. The van der Waals surface area contributed by atoms with Crippen molar-refractivity contribution in [1.29, 1.82) is 0 Å². The first-order valence-corrected chi connectivity index (χ1v) is 12.6. The van der Waals surface area contributed by atoms with Gasteiger partial charge in [-0.2, -0.15) is 4.31 Å². The van der Waals surface area contributed by atoms with Gasteiger partial charge in [0.2, 0.25) is 10.0 Å². The summed E-state index contributed by atoms with van der Waals surface area (Å²) in [7, 11) is -3.64. The number of ether oxygens (including phenoxy) is 2. The second-order valence-corrected chi connectivity index (χ2v) is 10.4. The van der Waals surface area contributed by atoms with Crippen molar-refractivity contribution < 1.29 is 22.3 Å². The van der Waals surface area contributed by atoms with Crippen molar-refractivity contribution in [2.24, 2.45) is 0 Å². The lowest BCUT2D eigenvalue weighted by atomic mass is 10.1. The van der Waals surface area contributed by atoms with Crippen molar-refractivity contribution in [3.8, 4) is 5.75 Å². The summed E-state index contributed by atoms with van der Waals surface area (Å²) in [6.07, 6.45) is 3.02. The van der Waals surface area contributed by atoms with Crippen LogP contribution in [0.5, 0.6) is 5.75 Å². The number of benzene rings is 3. The first-order valence-electron chi connectivity index (χ1n) is 11.2. The van der Waals surface area contributed by atoms with Crippen LogP contribution in [0.15, 0.2) is 65.6 Å². The maximum Gasteiger partial charge on any atom is 0.243 e. The van der Waals surface area contributed by atoms with Crippen LogP contribution >= 0.6 is 0 Å². The molecule has 0 unspecified atom stereocenters. The fraction of sp³-hybridized carbons (Fsp3) is 0.308. The molecule has 0 amide bonds. The predicted octanol–water partition coefficient (Wildman–Crippen LogP) is 4.61. The van der Waals surface area contributed by atoms with Gasteiger partial charge in [-0.15, -0.1) is 0 Å². The van der Waals surface area contributed by atoms with E-state index in [1.165, 1.54) is 15.9 Å². The molecule has 1 aliphatic carbocycles. The Bertz CT molecular complexity index is 1280. The monoisotopic (exact) mass is 467 g/mol. The van der Waals surface area contributed by atoms with Gasteiger partial charge in [0.1, 0.15) is 18.2 Å². The molecule has 0 N–H and O–H groups in total. The number of hydrogen-bond acceptors (Lipinski definition) is 4. The van der Waals surface area contributed by atoms with Crippen molar-refractivity contribution in [3.05, 3.63) is 94.3 Å². The van der Waals surface area contributed by atoms with Crippen molar-refractivity contribution in [1.82, 2.24) is 4.31 Å². The molecule has 0 aromatic heterocycles. The van der Waals surface area contributed by atoms with E-state index in [1.54, 1.807) is 24.3 Å². The Kier molecular flexibility index (Phi) is 6.19. The highest BCUT2D eigenvalue weighted by atomic mass is 32.2. The zero-order chi connectivity index (χ0) is 22.8. The first-order chi connectivity index (χ1) is 16.0. The third-order valence-electron chi connectivity index (χ3n) is 6.26. The van der Waals surface area contributed by atoms with Gasteiger partial charge in [0.15, 0.2) is 0 Å². The lowest BCUT2D eigenvalue weighted by molar-refractivity contribution is 0.105. The van der Waals surface area contributed by atoms with Crippen molar-refractivity contribution >= 4 is 10.0 Å². The zero-order valence-corrected chi connectivity index (χ0v) is 19.1. The second kappa shape index (κ2) is 9.25. The van der Waals surface area contributed by atoms with Crippen LogP contribution in [-0.4, -0.2) is 25.9 Å². The zero-order valence-electron chi connectivity index (χ0n) is 18.3. The van der Waals surface area contributed by atoms with E-state index in [0.717, 1.165) is 36.0 Å². The summed E-state index contributed by atoms with van der Waals surface area (Å²) >= 11 is 0. The van der Waals surface area contributed by atoms with Crippen LogP contribution in [0.25, 0.3) is 0 Å². The molecule has 1 aliphatic heterocycles. The van der Waals surface area contributed by atoms with Gasteiger partial charge < -0.3 is 9.47 Å². The molecule has 7 heteroatoms. The number of nitrogens with zero attached hydrogens (tertiary/aromatic N) is 1. The standard InChI is InChI=1S/C26H26FNO4S/c27-25-7-2-1-4-22(25)18-31-17-19-8-11-26-23(14-19)16-28(12-13-32-26)33(29,30)24-10-9-20-5-3-6-21(20)15-24/h1-2,4,7-11,14-15H,3,5-6,12-13,16-18H2. The molecule has 5 rings (SSSR count). The van der Waals surface area contributed by atoms with Gasteiger partial charge in [0, 0.05) is 24.2 Å². The molecule has 0 radical (unpaired) electrons. The molecule has 0 fully saturated rings. The highest BCUT2D eigenvalue weighted by Gasteiger charge is 2.29. The fourth-order valence-corrected chi connectivity index (χ4v) is 5.92. The SMILES string of the molecule is O=S(=O)(c1ccc2c(c1)CCC2)N1CCOc2ccc(COCc3ccccc3F)cc2C1. The Hall–Kier alpha value is -2.74. The summed E-state index contributed by atoms with van der Waals surface area (Å²) in [5.41, 5.74) is 4.56. The maximum absolute atomic E-state index is 13.8. The highest BCUT2D eigenvalue weighted by molar-refractivity contribution is 7.89. The number of hydrogen-bond donors (Lipinski definition) is 0. The third-order valence-corrected chi connectivity index (χ3v) is 8.10. The molecule has 1 heterocycles. The van der Waals surface area contributed by atoms with E-state index in [0.29, 0.717) is 29.4 Å². The highest BCUT2D eigenvalue weighted by Crippen LogP contribution is 2.30. The van der Waals surface area contributed by atoms with Crippen LogP contribution < -0.4 is 4.74 Å². The minimum atomic E-state index is -3.64. The van der Waals surface area contributed by atoms with Crippen LogP contribution in [0, 0.1) is 5.82 Å². The van der Waals surface area contributed by atoms with Crippen LogP contribution in [0.3, 0.4) is 0 Å². The molecule has 3 aromatic rings. The Morgan fingerprint density at radius 2 is 1.79 bits per heavy atom. The van der Waals surface area contributed by atoms with E-state index in [2.05, 4.69) is 0 Å². The minimum Gasteiger partial charge on any atom is -0.492 e. The smallest absolute Gasteiger partial charge is 0.243 e. The number of fused-ring (bicyclic) bond motifs is 2. The van der Waals surface area contributed by atoms with Crippen LogP contribution in [0.4, 0.5) is 4.39 Å². The molecular formula is C26H26FNO4S. The second-order valence-electron chi connectivity index (χ2n) is 8.50. The normalized spacial score (nSPS) is 16.0. The summed E-state index contributed by atoms with van der Waals surface area (Å²) in [5.74, 6) is 0.389. The molecule has 0 saturated carbocycles. The molecule has 0 saturated heterocycles. The van der Waals surface area contributed by atoms with Gasteiger partial charge in [-0.25, -0.2) is 12.8 Å². The molecule has 3 aromatic carbocycles. The lowest BCUT2D eigenvalue weighted by Gasteiger charge is -2.20. The Labute approximate surface area is 193 Å². The van der Waals surface area contributed by atoms with Gasteiger partial charge in [-0.1, -0.05) is 30.3 Å². The third kappa shape index (κ3) is 4.67. The average molecular weight is 468 g/mol. The van der Waals surface area contributed by atoms with Crippen LogP contribution in [0.2, 0.25) is 0 Å². The Morgan fingerprint density at radius 3 is 2.67 bits per heavy atom. The molecule has 33 heavy (non-hydrogen) atoms. The average Bonchev–Trinajstić information content (AvgIpc) is 3.18. The number of sulfonamides is 1.